The Morgan fingerprint density at radius 2 is 2.00 bits per heavy atom. The third-order valence-electron chi connectivity index (χ3n) is 2.97. The fraction of sp³-hybridized carbons (Fsp3) is 0.375. The minimum Gasteiger partial charge on any atom is -0.383 e. The highest BCUT2D eigenvalue weighted by molar-refractivity contribution is 5.56. The van der Waals surface area contributed by atoms with Crippen LogP contribution in [-0.4, -0.2) is 30.2 Å². The van der Waals surface area contributed by atoms with E-state index >= 15 is 0 Å². The monoisotopic (exact) mass is 271 g/mol. The Kier molecular flexibility index (Phi) is 5.21. The molecule has 4 nitrogen and oxygen atoms in total. The van der Waals surface area contributed by atoms with Crippen molar-refractivity contribution in [2.45, 2.75) is 20.4 Å². The summed E-state index contributed by atoms with van der Waals surface area (Å²) in [5.41, 5.74) is 4.27. The van der Waals surface area contributed by atoms with Gasteiger partial charge in [0, 0.05) is 31.5 Å². The molecule has 0 spiro atoms. The zero-order chi connectivity index (χ0) is 14.4. The third-order valence-corrected chi connectivity index (χ3v) is 2.97. The van der Waals surface area contributed by atoms with Crippen molar-refractivity contribution in [1.29, 1.82) is 0 Å². The Hall–Kier alpha value is -1.78. The number of ether oxygens (including phenoxy) is 1. The molecule has 0 fully saturated rings. The molecular weight excluding hydrogens is 250 g/mol. The van der Waals surface area contributed by atoms with Crippen LogP contribution in [0.2, 0.25) is 0 Å². The third kappa shape index (κ3) is 4.11. The van der Waals surface area contributed by atoms with Gasteiger partial charge in [-0.1, -0.05) is 23.8 Å². The first-order valence-electron chi connectivity index (χ1n) is 6.80. The van der Waals surface area contributed by atoms with Crippen molar-refractivity contribution in [3.8, 4) is 11.4 Å². The molecule has 0 aliphatic heterocycles. The number of aryl methyl sites for hydroxylation is 2. The van der Waals surface area contributed by atoms with Crippen molar-refractivity contribution >= 4 is 0 Å². The molecule has 0 radical (unpaired) electrons. The van der Waals surface area contributed by atoms with E-state index in [1.165, 1.54) is 5.56 Å². The Balaban J connectivity index is 2.16. The average molecular weight is 271 g/mol. The summed E-state index contributed by atoms with van der Waals surface area (Å²) < 4.78 is 5.01. The highest BCUT2D eigenvalue weighted by Crippen LogP contribution is 2.17. The van der Waals surface area contributed by atoms with Crippen LogP contribution in [0, 0.1) is 13.8 Å². The first-order valence-corrected chi connectivity index (χ1v) is 6.80. The lowest BCUT2D eigenvalue weighted by molar-refractivity contribution is 0.199. The minimum absolute atomic E-state index is 0.703. The quantitative estimate of drug-likeness (QED) is 0.820. The van der Waals surface area contributed by atoms with Crippen molar-refractivity contribution in [3.05, 3.63) is 47.3 Å². The van der Waals surface area contributed by atoms with E-state index in [1.807, 2.05) is 25.1 Å². The Morgan fingerprint density at radius 1 is 1.15 bits per heavy atom. The van der Waals surface area contributed by atoms with Gasteiger partial charge in [-0.15, -0.1) is 0 Å². The van der Waals surface area contributed by atoms with E-state index in [2.05, 4.69) is 34.3 Å². The predicted molar refractivity (Wildman–Crippen MR) is 80.5 cm³/mol. The van der Waals surface area contributed by atoms with Gasteiger partial charge < -0.3 is 10.1 Å². The second-order valence-electron chi connectivity index (χ2n) is 4.86. The maximum atomic E-state index is 5.01. The van der Waals surface area contributed by atoms with Crippen LogP contribution in [0.4, 0.5) is 0 Å². The van der Waals surface area contributed by atoms with E-state index < -0.39 is 0 Å². The van der Waals surface area contributed by atoms with E-state index in [0.717, 1.165) is 35.9 Å². The predicted octanol–water partition coefficient (Wildman–Crippen LogP) is 2.50. The molecule has 1 aromatic carbocycles. The van der Waals surface area contributed by atoms with Crippen LogP contribution in [0.3, 0.4) is 0 Å². The first kappa shape index (κ1) is 14.6. The van der Waals surface area contributed by atoms with E-state index in [0.29, 0.717) is 6.61 Å². The van der Waals surface area contributed by atoms with E-state index in [4.69, 9.17) is 4.74 Å². The molecule has 1 N–H and O–H groups in total. The lowest BCUT2D eigenvalue weighted by Gasteiger charge is -2.08. The van der Waals surface area contributed by atoms with Crippen molar-refractivity contribution in [1.82, 2.24) is 15.3 Å². The van der Waals surface area contributed by atoms with Gasteiger partial charge >= 0.3 is 0 Å². The van der Waals surface area contributed by atoms with Gasteiger partial charge in [-0.3, -0.25) is 0 Å². The molecule has 1 heterocycles. The smallest absolute Gasteiger partial charge is 0.159 e. The molecule has 4 heteroatoms. The molecule has 2 rings (SSSR count). The maximum absolute atomic E-state index is 5.01. The van der Waals surface area contributed by atoms with Crippen LogP contribution in [0.15, 0.2) is 30.3 Å². The molecule has 0 saturated heterocycles. The van der Waals surface area contributed by atoms with Crippen LogP contribution in [0.1, 0.15) is 17.0 Å². The second-order valence-corrected chi connectivity index (χ2v) is 4.86. The summed E-state index contributed by atoms with van der Waals surface area (Å²) in [7, 11) is 1.70. The highest BCUT2D eigenvalue weighted by Gasteiger charge is 2.05. The molecule has 0 amide bonds. The van der Waals surface area contributed by atoms with Crippen LogP contribution in [0.5, 0.6) is 0 Å². The van der Waals surface area contributed by atoms with Crippen molar-refractivity contribution in [2.75, 3.05) is 20.3 Å². The Bertz CT molecular complexity index is 569. The van der Waals surface area contributed by atoms with Gasteiger partial charge in [-0.25, -0.2) is 9.97 Å². The standard InChI is InChI=1S/C16H21N3O/c1-12-5-4-6-14(9-12)16-18-13(2)10-15(19-16)11-17-7-8-20-3/h4-6,9-10,17H,7-8,11H2,1-3H3. The van der Waals surface area contributed by atoms with Crippen molar-refractivity contribution in [2.24, 2.45) is 0 Å². The molecular formula is C16H21N3O. The van der Waals surface area contributed by atoms with Crippen LogP contribution < -0.4 is 5.32 Å². The largest absolute Gasteiger partial charge is 0.383 e. The molecule has 0 atom stereocenters. The molecule has 0 bridgehead atoms. The molecule has 2 aromatic rings. The zero-order valence-corrected chi connectivity index (χ0v) is 12.3. The number of hydrogen-bond acceptors (Lipinski definition) is 4. The molecule has 1 aromatic heterocycles. The van der Waals surface area contributed by atoms with Crippen LogP contribution in [-0.2, 0) is 11.3 Å². The number of hydrogen-bond donors (Lipinski definition) is 1. The lowest BCUT2D eigenvalue weighted by atomic mass is 10.1. The number of nitrogens with zero attached hydrogens (tertiary/aromatic N) is 2. The summed E-state index contributed by atoms with van der Waals surface area (Å²) in [5.74, 6) is 0.789. The summed E-state index contributed by atoms with van der Waals surface area (Å²) in [6, 6.07) is 10.3. The fourth-order valence-electron chi connectivity index (χ4n) is 2.03. The van der Waals surface area contributed by atoms with Gasteiger partial charge in [0.15, 0.2) is 5.82 Å². The summed E-state index contributed by atoms with van der Waals surface area (Å²) in [6.07, 6.45) is 0. The molecule has 0 aliphatic carbocycles. The Labute approximate surface area is 120 Å². The summed E-state index contributed by atoms with van der Waals surface area (Å²) in [4.78, 5) is 9.15. The van der Waals surface area contributed by atoms with Crippen LogP contribution >= 0.6 is 0 Å². The van der Waals surface area contributed by atoms with Crippen LogP contribution in [0.25, 0.3) is 11.4 Å². The van der Waals surface area contributed by atoms with E-state index in [1.54, 1.807) is 7.11 Å². The van der Waals surface area contributed by atoms with Gasteiger partial charge in [0.05, 0.1) is 12.3 Å². The van der Waals surface area contributed by atoms with Crippen molar-refractivity contribution in [3.63, 3.8) is 0 Å². The number of benzene rings is 1. The molecule has 0 unspecified atom stereocenters. The number of aromatic nitrogens is 2. The number of rotatable bonds is 6. The number of methoxy groups -OCH3 is 1. The molecule has 20 heavy (non-hydrogen) atoms. The summed E-state index contributed by atoms with van der Waals surface area (Å²) in [5, 5.41) is 3.30. The average Bonchev–Trinajstić information content (AvgIpc) is 2.43. The SMILES string of the molecule is COCCNCc1cc(C)nc(-c2cccc(C)c2)n1. The second kappa shape index (κ2) is 7.12. The van der Waals surface area contributed by atoms with E-state index in [9.17, 15) is 0 Å². The summed E-state index contributed by atoms with van der Waals surface area (Å²) >= 11 is 0. The molecule has 106 valence electrons. The topological polar surface area (TPSA) is 47.0 Å². The normalized spacial score (nSPS) is 10.8. The fourth-order valence-corrected chi connectivity index (χ4v) is 2.03. The Morgan fingerprint density at radius 3 is 2.75 bits per heavy atom. The molecule has 0 saturated carbocycles. The van der Waals surface area contributed by atoms with Gasteiger partial charge in [0.2, 0.25) is 0 Å². The number of nitrogens with one attached hydrogen (secondary N) is 1. The summed E-state index contributed by atoms with van der Waals surface area (Å²) in [6.45, 7) is 6.33. The van der Waals surface area contributed by atoms with Crippen molar-refractivity contribution < 1.29 is 4.74 Å². The lowest BCUT2D eigenvalue weighted by Crippen LogP contribution is -2.19. The minimum atomic E-state index is 0.703. The van der Waals surface area contributed by atoms with E-state index in [-0.39, 0.29) is 0 Å². The maximum Gasteiger partial charge on any atom is 0.159 e. The van der Waals surface area contributed by atoms with Gasteiger partial charge in [-0.2, -0.15) is 0 Å². The molecule has 0 aliphatic rings. The van der Waals surface area contributed by atoms with Gasteiger partial charge in [-0.05, 0) is 26.0 Å². The van der Waals surface area contributed by atoms with Gasteiger partial charge in [0.1, 0.15) is 0 Å². The highest BCUT2D eigenvalue weighted by atomic mass is 16.5. The zero-order valence-electron chi connectivity index (χ0n) is 12.3. The van der Waals surface area contributed by atoms with Gasteiger partial charge in [0.25, 0.3) is 0 Å². The first-order chi connectivity index (χ1) is 9.69.